The molecule has 0 saturated heterocycles. The highest BCUT2D eigenvalue weighted by Gasteiger charge is 2.19. The maximum absolute atomic E-state index is 11.7. The zero-order valence-corrected chi connectivity index (χ0v) is 13.2. The van der Waals surface area contributed by atoms with Crippen molar-refractivity contribution >= 4 is 29.0 Å². The van der Waals surface area contributed by atoms with Gasteiger partial charge in [0.1, 0.15) is 0 Å². The SMILES string of the molecule is CCOC(=O)C(=NO)c1ccc(Cn2cc(C(=O)OC)nn2)s1. The molecule has 2 aromatic heterocycles. The topological polar surface area (TPSA) is 116 Å². The molecule has 0 aliphatic carbocycles. The predicted octanol–water partition coefficient (Wildman–Crippen LogP) is 0.916. The minimum Gasteiger partial charge on any atom is -0.464 e. The third-order valence-corrected chi connectivity index (χ3v) is 3.79. The largest absolute Gasteiger partial charge is 0.464 e. The molecule has 2 heterocycles. The second-order valence-corrected chi connectivity index (χ2v) is 5.40. The Labute approximate surface area is 135 Å². The molecule has 10 heteroatoms. The number of hydrogen-bond donors (Lipinski definition) is 1. The van der Waals surface area contributed by atoms with Crippen LogP contribution < -0.4 is 0 Å². The molecule has 23 heavy (non-hydrogen) atoms. The first-order valence-corrected chi connectivity index (χ1v) is 7.37. The van der Waals surface area contributed by atoms with Gasteiger partial charge in [-0.25, -0.2) is 14.3 Å². The van der Waals surface area contributed by atoms with Gasteiger partial charge in [0, 0.05) is 4.88 Å². The number of carbonyl (C=O) groups excluding carboxylic acids is 2. The fourth-order valence-corrected chi connectivity index (χ4v) is 2.69. The molecule has 0 aliphatic rings. The normalized spacial score (nSPS) is 11.3. The van der Waals surface area contributed by atoms with Crippen LogP contribution in [0.3, 0.4) is 0 Å². The highest BCUT2D eigenvalue weighted by molar-refractivity contribution is 7.14. The van der Waals surface area contributed by atoms with Gasteiger partial charge in [0.05, 0.1) is 31.3 Å². The molecule has 0 aliphatic heterocycles. The van der Waals surface area contributed by atoms with Gasteiger partial charge >= 0.3 is 11.9 Å². The Bertz CT molecular complexity index is 736. The average Bonchev–Trinajstić information content (AvgIpc) is 3.18. The first-order valence-electron chi connectivity index (χ1n) is 6.55. The summed E-state index contributed by atoms with van der Waals surface area (Å²) in [6.45, 7) is 2.19. The van der Waals surface area contributed by atoms with E-state index in [0.29, 0.717) is 11.4 Å². The minimum atomic E-state index is -0.697. The van der Waals surface area contributed by atoms with E-state index in [2.05, 4.69) is 20.2 Å². The first kappa shape index (κ1) is 16.6. The third kappa shape index (κ3) is 3.92. The van der Waals surface area contributed by atoms with Gasteiger partial charge in [-0.1, -0.05) is 10.4 Å². The number of aromatic nitrogens is 3. The van der Waals surface area contributed by atoms with E-state index in [1.807, 2.05) is 0 Å². The van der Waals surface area contributed by atoms with Crippen LogP contribution in [0.25, 0.3) is 0 Å². The van der Waals surface area contributed by atoms with Gasteiger partial charge in [0.15, 0.2) is 5.69 Å². The minimum absolute atomic E-state index is 0.105. The van der Waals surface area contributed by atoms with E-state index in [4.69, 9.17) is 9.94 Å². The van der Waals surface area contributed by atoms with Crippen LogP contribution in [0.2, 0.25) is 0 Å². The molecule has 0 bridgehead atoms. The third-order valence-electron chi connectivity index (χ3n) is 2.71. The van der Waals surface area contributed by atoms with Crippen LogP contribution in [-0.4, -0.2) is 51.6 Å². The number of carbonyl (C=O) groups is 2. The number of ether oxygens (including phenoxy) is 2. The number of hydrogen-bond acceptors (Lipinski definition) is 9. The summed E-state index contributed by atoms with van der Waals surface area (Å²) >= 11 is 1.24. The Morgan fingerprint density at radius 3 is 2.87 bits per heavy atom. The van der Waals surface area contributed by atoms with Gasteiger partial charge in [0.25, 0.3) is 0 Å². The summed E-state index contributed by atoms with van der Waals surface area (Å²) in [5.41, 5.74) is -0.0506. The van der Waals surface area contributed by atoms with Crippen molar-refractivity contribution in [1.29, 1.82) is 0 Å². The summed E-state index contributed by atoms with van der Waals surface area (Å²) in [5.74, 6) is -1.27. The number of oxime groups is 1. The molecule has 0 spiro atoms. The molecule has 0 saturated carbocycles. The highest BCUT2D eigenvalue weighted by atomic mass is 32.1. The van der Waals surface area contributed by atoms with Crippen molar-refractivity contribution in [2.24, 2.45) is 5.16 Å². The molecule has 1 N–H and O–H groups in total. The lowest BCUT2D eigenvalue weighted by atomic mass is 10.3. The van der Waals surface area contributed by atoms with E-state index in [-0.39, 0.29) is 18.0 Å². The summed E-state index contributed by atoms with van der Waals surface area (Å²) in [4.78, 5) is 24.3. The maximum Gasteiger partial charge on any atom is 0.361 e. The molecule has 0 radical (unpaired) electrons. The summed E-state index contributed by atoms with van der Waals surface area (Å²) in [6.07, 6.45) is 1.46. The summed E-state index contributed by atoms with van der Waals surface area (Å²) < 4.78 is 10.8. The van der Waals surface area contributed by atoms with E-state index >= 15 is 0 Å². The van der Waals surface area contributed by atoms with Crippen LogP contribution in [0.5, 0.6) is 0 Å². The quantitative estimate of drug-likeness (QED) is 0.360. The molecule has 0 unspecified atom stereocenters. The van der Waals surface area contributed by atoms with Gasteiger partial charge in [-0.05, 0) is 19.1 Å². The van der Waals surface area contributed by atoms with Crippen LogP contribution in [0, 0.1) is 0 Å². The smallest absolute Gasteiger partial charge is 0.361 e. The second-order valence-electron chi connectivity index (χ2n) is 4.23. The first-order chi connectivity index (χ1) is 11.1. The number of methoxy groups -OCH3 is 1. The Balaban J connectivity index is 2.11. The van der Waals surface area contributed by atoms with Gasteiger partial charge in [0.2, 0.25) is 5.71 Å². The number of esters is 2. The van der Waals surface area contributed by atoms with E-state index in [1.54, 1.807) is 19.1 Å². The second kappa shape index (κ2) is 7.49. The Morgan fingerprint density at radius 2 is 2.22 bits per heavy atom. The molecule has 9 nitrogen and oxygen atoms in total. The van der Waals surface area contributed by atoms with E-state index in [0.717, 1.165) is 4.88 Å². The van der Waals surface area contributed by atoms with Crippen molar-refractivity contribution in [2.45, 2.75) is 13.5 Å². The summed E-state index contributed by atoms with van der Waals surface area (Å²) in [5, 5.41) is 19.5. The highest BCUT2D eigenvalue weighted by Crippen LogP contribution is 2.19. The van der Waals surface area contributed by atoms with Crippen molar-refractivity contribution in [3.05, 3.63) is 33.8 Å². The number of rotatable bonds is 6. The van der Waals surface area contributed by atoms with Crippen molar-refractivity contribution in [2.75, 3.05) is 13.7 Å². The number of thiophene rings is 1. The van der Waals surface area contributed by atoms with Crippen molar-refractivity contribution in [3.8, 4) is 0 Å². The molecule has 0 aromatic carbocycles. The van der Waals surface area contributed by atoms with Crippen LogP contribution in [0.1, 0.15) is 27.2 Å². The van der Waals surface area contributed by atoms with Gasteiger partial charge in [-0.3, -0.25) is 0 Å². The lowest BCUT2D eigenvalue weighted by molar-refractivity contribution is -0.135. The fourth-order valence-electron chi connectivity index (χ4n) is 1.71. The molecule has 0 fully saturated rings. The van der Waals surface area contributed by atoms with Crippen LogP contribution >= 0.6 is 11.3 Å². The molecular formula is C13H14N4O5S. The van der Waals surface area contributed by atoms with E-state index < -0.39 is 11.9 Å². The average molecular weight is 338 g/mol. The van der Waals surface area contributed by atoms with Crippen LogP contribution in [0.15, 0.2) is 23.5 Å². The fraction of sp³-hybridized carbons (Fsp3) is 0.308. The van der Waals surface area contributed by atoms with Crippen LogP contribution in [-0.2, 0) is 20.8 Å². The predicted molar refractivity (Wildman–Crippen MR) is 79.7 cm³/mol. The van der Waals surface area contributed by atoms with Crippen LogP contribution in [0.4, 0.5) is 0 Å². The lowest BCUT2D eigenvalue weighted by Gasteiger charge is -2.01. The summed E-state index contributed by atoms with van der Waals surface area (Å²) in [6, 6.07) is 3.40. The zero-order chi connectivity index (χ0) is 16.8. The van der Waals surface area contributed by atoms with E-state index in [9.17, 15) is 9.59 Å². The van der Waals surface area contributed by atoms with Crippen molar-refractivity contribution in [1.82, 2.24) is 15.0 Å². The Morgan fingerprint density at radius 1 is 1.43 bits per heavy atom. The standard InChI is InChI=1S/C13H14N4O5S/c1-3-22-13(19)11(15-20)10-5-4-8(23-10)6-17-7-9(14-16-17)12(18)21-2/h4-5,7,20H,3,6H2,1-2H3. The molecule has 2 aromatic rings. The molecule has 122 valence electrons. The lowest BCUT2D eigenvalue weighted by Crippen LogP contribution is -2.17. The Hall–Kier alpha value is -2.75. The monoisotopic (exact) mass is 338 g/mol. The molecular weight excluding hydrogens is 324 g/mol. The van der Waals surface area contributed by atoms with Gasteiger partial charge in [-0.15, -0.1) is 16.4 Å². The molecule has 0 amide bonds. The number of nitrogens with zero attached hydrogens (tertiary/aromatic N) is 4. The zero-order valence-electron chi connectivity index (χ0n) is 12.4. The van der Waals surface area contributed by atoms with Crippen molar-refractivity contribution < 1.29 is 24.3 Å². The Kier molecular flexibility index (Phi) is 5.41. The van der Waals surface area contributed by atoms with Crippen molar-refractivity contribution in [3.63, 3.8) is 0 Å². The molecule has 2 rings (SSSR count). The van der Waals surface area contributed by atoms with Gasteiger partial charge in [-0.2, -0.15) is 0 Å². The van der Waals surface area contributed by atoms with Gasteiger partial charge < -0.3 is 14.7 Å². The molecule has 0 atom stereocenters. The maximum atomic E-state index is 11.7. The summed E-state index contributed by atoms with van der Waals surface area (Å²) in [7, 11) is 1.26. The van der Waals surface area contributed by atoms with E-state index in [1.165, 1.54) is 29.3 Å².